The van der Waals surface area contributed by atoms with E-state index in [0.29, 0.717) is 12.2 Å². The zero-order valence-corrected chi connectivity index (χ0v) is 15.5. The fraction of sp³-hybridized carbons (Fsp3) is 0.286. The van der Waals surface area contributed by atoms with Crippen molar-refractivity contribution >= 4 is 28.4 Å². The van der Waals surface area contributed by atoms with Gasteiger partial charge in [0, 0.05) is 28.1 Å². The highest BCUT2D eigenvalue weighted by atomic mass is 32.2. The van der Waals surface area contributed by atoms with Gasteiger partial charge in [-0.05, 0) is 48.9 Å². The Labute approximate surface area is 157 Å². The monoisotopic (exact) mass is 369 g/mol. The van der Waals surface area contributed by atoms with Gasteiger partial charge < -0.3 is 14.9 Å². The molecule has 3 rings (SSSR count). The molecular formula is C21H23NO3S. The lowest BCUT2D eigenvalue weighted by Crippen LogP contribution is -1.98. The maximum Gasteiger partial charge on any atom is 0.336 e. The molecule has 0 saturated carbocycles. The number of fused-ring (bicyclic) bond motifs is 1. The highest BCUT2D eigenvalue weighted by Gasteiger charge is 2.01. The van der Waals surface area contributed by atoms with Gasteiger partial charge in [0.1, 0.15) is 11.3 Å². The van der Waals surface area contributed by atoms with E-state index in [2.05, 4.69) is 6.07 Å². The Balaban J connectivity index is 1.32. The number of nitrogens with two attached hydrogens (primary N) is 1. The number of thioether (sulfide) groups is 1. The smallest absolute Gasteiger partial charge is 0.336 e. The number of hydrogen-bond donors (Lipinski definition) is 1. The zero-order chi connectivity index (χ0) is 18.2. The Hall–Kier alpha value is -2.40. The lowest BCUT2D eigenvalue weighted by atomic mass is 10.2. The summed E-state index contributed by atoms with van der Waals surface area (Å²) in [6.07, 6.45) is 4.48. The van der Waals surface area contributed by atoms with E-state index in [0.717, 1.165) is 35.4 Å². The lowest BCUT2D eigenvalue weighted by Gasteiger charge is -2.07. The Morgan fingerprint density at radius 1 is 0.962 bits per heavy atom. The van der Waals surface area contributed by atoms with E-state index < -0.39 is 0 Å². The third-order valence-electron chi connectivity index (χ3n) is 4.08. The fourth-order valence-corrected chi connectivity index (χ4v) is 3.65. The van der Waals surface area contributed by atoms with Crippen molar-refractivity contribution in [2.24, 2.45) is 0 Å². The number of unbranched alkanes of at least 4 members (excludes halogenated alkanes) is 3. The van der Waals surface area contributed by atoms with Crippen LogP contribution >= 0.6 is 11.8 Å². The van der Waals surface area contributed by atoms with Crippen LogP contribution in [0.25, 0.3) is 11.0 Å². The number of benzene rings is 2. The molecule has 2 N–H and O–H groups in total. The summed E-state index contributed by atoms with van der Waals surface area (Å²) in [5.41, 5.74) is 7.02. The van der Waals surface area contributed by atoms with Crippen molar-refractivity contribution in [1.82, 2.24) is 0 Å². The molecule has 2 aromatic carbocycles. The second-order valence-corrected chi connectivity index (χ2v) is 7.24. The minimum absolute atomic E-state index is 0.343. The lowest BCUT2D eigenvalue weighted by molar-refractivity contribution is 0.305. The number of rotatable bonds is 9. The molecule has 0 bridgehead atoms. The predicted octanol–water partition coefficient (Wildman–Crippen LogP) is 5.11. The van der Waals surface area contributed by atoms with Gasteiger partial charge in [-0.1, -0.05) is 25.0 Å². The van der Waals surface area contributed by atoms with Gasteiger partial charge in [-0.2, -0.15) is 0 Å². The average molecular weight is 369 g/mol. The molecule has 0 unspecified atom stereocenters. The summed E-state index contributed by atoms with van der Waals surface area (Å²) in [5.74, 6) is 1.82. The van der Waals surface area contributed by atoms with Gasteiger partial charge in [0.2, 0.25) is 0 Å². The maximum atomic E-state index is 11.3. The van der Waals surface area contributed by atoms with Gasteiger partial charge in [-0.3, -0.25) is 0 Å². The molecule has 0 atom stereocenters. The van der Waals surface area contributed by atoms with Crippen LogP contribution in [0.5, 0.6) is 5.75 Å². The van der Waals surface area contributed by atoms with E-state index in [1.165, 1.54) is 23.8 Å². The van der Waals surface area contributed by atoms with Gasteiger partial charge in [-0.25, -0.2) is 4.79 Å². The van der Waals surface area contributed by atoms with Crippen molar-refractivity contribution in [1.29, 1.82) is 0 Å². The van der Waals surface area contributed by atoms with Crippen LogP contribution in [-0.2, 0) is 0 Å². The van der Waals surface area contributed by atoms with Gasteiger partial charge in [0.15, 0.2) is 0 Å². The summed E-state index contributed by atoms with van der Waals surface area (Å²) < 4.78 is 10.9. The van der Waals surface area contributed by atoms with Crippen molar-refractivity contribution < 1.29 is 9.15 Å². The number of nitrogen functional groups attached to an aromatic ring is 1. The first kappa shape index (κ1) is 18.4. The van der Waals surface area contributed by atoms with Crippen LogP contribution in [0.2, 0.25) is 0 Å². The Bertz CT molecular complexity index is 907. The van der Waals surface area contributed by atoms with E-state index in [9.17, 15) is 4.79 Å². The predicted molar refractivity (Wildman–Crippen MR) is 108 cm³/mol. The zero-order valence-electron chi connectivity index (χ0n) is 14.6. The first-order chi connectivity index (χ1) is 12.7. The Morgan fingerprint density at radius 2 is 1.77 bits per heavy atom. The van der Waals surface area contributed by atoms with E-state index >= 15 is 0 Å². The minimum Gasteiger partial charge on any atom is -0.493 e. The summed E-state index contributed by atoms with van der Waals surface area (Å²) in [7, 11) is 0. The van der Waals surface area contributed by atoms with Crippen LogP contribution in [-0.4, -0.2) is 12.4 Å². The van der Waals surface area contributed by atoms with E-state index in [1.807, 2.05) is 42.1 Å². The maximum absolute atomic E-state index is 11.3. The summed E-state index contributed by atoms with van der Waals surface area (Å²) in [4.78, 5) is 12.4. The van der Waals surface area contributed by atoms with Gasteiger partial charge in [0.05, 0.1) is 6.61 Å². The van der Waals surface area contributed by atoms with Crippen molar-refractivity contribution in [3.63, 3.8) is 0 Å². The summed E-state index contributed by atoms with van der Waals surface area (Å²) in [6, 6.07) is 16.8. The van der Waals surface area contributed by atoms with Crippen LogP contribution in [0, 0.1) is 0 Å². The summed E-state index contributed by atoms with van der Waals surface area (Å²) in [5, 5.41) is 0.897. The Morgan fingerprint density at radius 3 is 2.65 bits per heavy atom. The van der Waals surface area contributed by atoms with Crippen LogP contribution in [0.1, 0.15) is 25.7 Å². The molecule has 0 fully saturated rings. The third kappa shape index (κ3) is 5.30. The first-order valence-corrected chi connectivity index (χ1v) is 9.85. The van der Waals surface area contributed by atoms with Crippen LogP contribution < -0.4 is 16.1 Å². The number of para-hydroxylation sites is 1. The Kier molecular flexibility index (Phi) is 6.61. The van der Waals surface area contributed by atoms with E-state index in [1.54, 1.807) is 12.1 Å². The molecule has 1 aromatic heterocycles. The number of anilines is 1. The average Bonchev–Trinajstić information content (AvgIpc) is 2.65. The molecule has 5 heteroatoms. The molecule has 0 saturated heterocycles. The molecule has 0 aliphatic heterocycles. The molecular weight excluding hydrogens is 346 g/mol. The second-order valence-electron chi connectivity index (χ2n) is 6.10. The van der Waals surface area contributed by atoms with Crippen molar-refractivity contribution in [2.75, 3.05) is 18.1 Å². The molecule has 0 spiro atoms. The number of hydrogen-bond acceptors (Lipinski definition) is 5. The van der Waals surface area contributed by atoms with Gasteiger partial charge in [-0.15, -0.1) is 11.8 Å². The number of ether oxygens (including phenoxy) is 1. The normalized spacial score (nSPS) is 10.9. The molecule has 0 aliphatic rings. The topological polar surface area (TPSA) is 65.5 Å². The SMILES string of the molecule is Nc1ccccc1SCCCCCCOc1ccc2ccc(=O)oc2c1. The molecule has 0 amide bonds. The molecule has 26 heavy (non-hydrogen) atoms. The third-order valence-corrected chi connectivity index (χ3v) is 5.25. The van der Waals surface area contributed by atoms with Crippen molar-refractivity contribution in [2.45, 2.75) is 30.6 Å². The quantitative estimate of drug-likeness (QED) is 0.246. The molecule has 4 nitrogen and oxygen atoms in total. The van der Waals surface area contributed by atoms with E-state index in [-0.39, 0.29) is 5.63 Å². The molecule has 136 valence electrons. The fourth-order valence-electron chi connectivity index (χ4n) is 2.67. The molecule has 1 heterocycles. The van der Waals surface area contributed by atoms with E-state index in [4.69, 9.17) is 14.9 Å². The summed E-state index contributed by atoms with van der Waals surface area (Å²) >= 11 is 1.82. The van der Waals surface area contributed by atoms with Crippen molar-refractivity contribution in [3.8, 4) is 5.75 Å². The van der Waals surface area contributed by atoms with Gasteiger partial charge in [0.25, 0.3) is 0 Å². The van der Waals surface area contributed by atoms with Crippen LogP contribution in [0.4, 0.5) is 5.69 Å². The van der Waals surface area contributed by atoms with Crippen molar-refractivity contribution in [3.05, 3.63) is 65.0 Å². The standard InChI is InChI=1S/C21H23NO3S/c22-18-7-3-4-8-20(18)26-14-6-2-1-5-13-24-17-11-9-16-10-12-21(23)25-19(16)15-17/h3-4,7-12,15H,1-2,5-6,13-14,22H2. The first-order valence-electron chi connectivity index (χ1n) is 8.86. The van der Waals surface area contributed by atoms with Gasteiger partial charge >= 0.3 is 5.63 Å². The molecule has 3 aromatic rings. The van der Waals surface area contributed by atoms with Crippen LogP contribution in [0.15, 0.2) is 68.7 Å². The highest BCUT2D eigenvalue weighted by Crippen LogP contribution is 2.25. The molecule has 0 radical (unpaired) electrons. The van der Waals surface area contributed by atoms with Crippen LogP contribution in [0.3, 0.4) is 0 Å². The second kappa shape index (κ2) is 9.34. The highest BCUT2D eigenvalue weighted by molar-refractivity contribution is 7.99. The molecule has 0 aliphatic carbocycles. The summed E-state index contributed by atoms with van der Waals surface area (Å²) in [6.45, 7) is 0.668. The largest absolute Gasteiger partial charge is 0.493 e. The minimum atomic E-state index is -0.343.